The number of halogens is 2. The molecule has 1 aromatic carbocycles. The topological polar surface area (TPSA) is 308 Å². The molecule has 96 heavy (non-hydrogen) atoms. The highest BCUT2D eigenvalue weighted by atomic mass is 19.3. The maximum absolute atomic E-state index is 15.2. The van der Waals surface area contributed by atoms with Crippen molar-refractivity contribution in [1.82, 2.24) is 60.5 Å². The number of ether oxygens (including phenoxy) is 1. The number of alkyl halides is 2. The minimum atomic E-state index is -3.14. The lowest BCUT2D eigenvalue weighted by Crippen LogP contribution is -2.62. The summed E-state index contributed by atoms with van der Waals surface area (Å²) in [6.45, 7) is 19.0. The van der Waals surface area contributed by atoms with Gasteiger partial charge in [-0.3, -0.25) is 57.5 Å². The van der Waals surface area contributed by atoms with E-state index in [4.69, 9.17) is 0 Å². The molecule has 0 radical (unpaired) electrons. The number of amides is 12. The van der Waals surface area contributed by atoms with E-state index in [0.29, 0.717) is 37.9 Å². The van der Waals surface area contributed by atoms with Crippen molar-refractivity contribution < 1.29 is 76.2 Å². The molecule has 0 bridgehead atoms. The molecule has 2 saturated heterocycles. The Morgan fingerprint density at radius 1 is 0.521 bits per heavy atom. The summed E-state index contributed by atoms with van der Waals surface area (Å²) in [7, 11) is 9.36. The molecule has 12 amide bonds. The van der Waals surface area contributed by atoms with Crippen LogP contribution in [-0.4, -0.2) is 257 Å². The van der Waals surface area contributed by atoms with Crippen LogP contribution in [0.1, 0.15) is 153 Å². The van der Waals surface area contributed by atoms with Crippen LogP contribution >= 0.6 is 0 Å². The van der Waals surface area contributed by atoms with Crippen LogP contribution in [0, 0.1) is 29.6 Å². The molecule has 26 nitrogen and oxygen atoms in total. The van der Waals surface area contributed by atoms with Crippen LogP contribution in [0.2, 0.25) is 0 Å². The maximum Gasteiger partial charge on any atom is 0.387 e. The first-order valence-electron chi connectivity index (χ1n) is 33.7. The summed E-state index contributed by atoms with van der Waals surface area (Å²) < 4.78 is 31.1. The van der Waals surface area contributed by atoms with E-state index >= 15 is 19.2 Å². The molecule has 1 aromatic rings. The van der Waals surface area contributed by atoms with Crippen LogP contribution in [0.5, 0.6) is 5.75 Å². The van der Waals surface area contributed by atoms with Gasteiger partial charge in [-0.05, 0) is 113 Å². The third-order valence-electron chi connectivity index (χ3n) is 18.3. The van der Waals surface area contributed by atoms with Crippen LogP contribution in [0.25, 0.3) is 0 Å². The highest BCUT2D eigenvalue weighted by Gasteiger charge is 2.44. The molecule has 5 N–H and O–H groups in total. The van der Waals surface area contributed by atoms with Crippen molar-refractivity contribution in [3.63, 3.8) is 0 Å². The third-order valence-corrected chi connectivity index (χ3v) is 18.3. The highest BCUT2D eigenvalue weighted by Crippen LogP contribution is 2.25. The second-order valence-corrected chi connectivity index (χ2v) is 28.0. The van der Waals surface area contributed by atoms with E-state index in [9.17, 15) is 52.2 Å². The maximum atomic E-state index is 15.2. The minimum Gasteiger partial charge on any atom is -0.435 e. The van der Waals surface area contributed by atoms with Gasteiger partial charge in [-0.1, -0.05) is 87.8 Å². The number of rotatable bonds is 17. The van der Waals surface area contributed by atoms with Gasteiger partial charge in [0.2, 0.25) is 70.9 Å². The fourth-order valence-corrected chi connectivity index (χ4v) is 12.0. The van der Waals surface area contributed by atoms with Crippen LogP contribution in [0.4, 0.5) is 8.78 Å². The molecular formula is C68H112F2N12O14. The molecule has 12 atom stereocenters. The van der Waals surface area contributed by atoms with E-state index in [1.165, 1.54) is 104 Å². The van der Waals surface area contributed by atoms with E-state index in [1.54, 1.807) is 32.6 Å². The van der Waals surface area contributed by atoms with Gasteiger partial charge in [-0.2, -0.15) is 8.78 Å². The predicted molar refractivity (Wildman–Crippen MR) is 357 cm³/mol. The summed E-state index contributed by atoms with van der Waals surface area (Å²) >= 11 is 0. The zero-order valence-corrected chi connectivity index (χ0v) is 60.4. The molecule has 0 aliphatic carbocycles. The van der Waals surface area contributed by atoms with Gasteiger partial charge in [0.05, 0.1) is 19.1 Å². The van der Waals surface area contributed by atoms with Gasteiger partial charge in [-0.15, -0.1) is 0 Å². The molecular weight excluding hydrogens is 1250 g/mol. The van der Waals surface area contributed by atoms with E-state index in [0.717, 1.165) is 30.9 Å². The average molecular weight is 1360 g/mol. The largest absolute Gasteiger partial charge is 0.435 e. The highest BCUT2D eigenvalue weighted by molar-refractivity contribution is 6.00. The van der Waals surface area contributed by atoms with Crippen LogP contribution < -0.4 is 26.0 Å². The lowest BCUT2D eigenvalue weighted by Gasteiger charge is -2.38. The van der Waals surface area contributed by atoms with E-state index in [1.807, 2.05) is 41.5 Å². The van der Waals surface area contributed by atoms with Crippen molar-refractivity contribution in [3.8, 4) is 5.75 Å². The zero-order valence-electron chi connectivity index (χ0n) is 60.4. The van der Waals surface area contributed by atoms with Crippen molar-refractivity contribution in [2.24, 2.45) is 29.6 Å². The molecule has 0 saturated carbocycles. The number of piperidine rings is 1. The number of aliphatic hydroxyl groups excluding tert-OH is 1. The van der Waals surface area contributed by atoms with Gasteiger partial charge in [0.15, 0.2) is 0 Å². The molecule has 2 unspecified atom stereocenters. The Labute approximate surface area is 567 Å². The third kappa shape index (κ3) is 23.4. The number of benzene rings is 1. The summed E-state index contributed by atoms with van der Waals surface area (Å²) in [5.74, 6) is -11.0. The number of carbonyl (C=O) groups is 12. The van der Waals surface area contributed by atoms with Crippen molar-refractivity contribution in [1.29, 1.82) is 0 Å². The minimum absolute atomic E-state index is 0.0329. The Bertz CT molecular complexity index is 2840. The standard InChI is InChI=1S/C68H112F2N12O14/c1-21-42(10)57-61(89)74-56(45(13)83)67(95)75(14)37-55(85)78(17)51(32-39(4)5)59(87)73-50(36-54(84)82-29-23-22-24-30-82)64(92)76(15)43(11)58(86)71-48(31-38(2)3)65(93)80(19)53(34-41(8)9)66(94)79(18)52(33-40(6)7)60(88)72-49(63(91)77(16)44(12)62(90)81(57)20)35-46-25-27-47(28-26-46)96-68(69)70/h25-28,38-45,48-53,56-57,68,83H,21-24,29-37H2,1-20H3,(H,71,86)(H,72,88)(H,73,87)(H,74,89)/t42-,43-,44-,45+,48-,49-,50?,51-,52?,53-,56-,57-/m0/s1. The monoisotopic (exact) mass is 1360 g/mol. The summed E-state index contributed by atoms with van der Waals surface area (Å²) in [4.78, 5) is 186. The summed E-state index contributed by atoms with van der Waals surface area (Å²) in [6, 6.07) is -8.64. The second kappa shape index (κ2) is 37.8. The van der Waals surface area contributed by atoms with Crippen molar-refractivity contribution in [3.05, 3.63) is 29.8 Å². The number of nitrogens with one attached hydrogen (secondary N) is 4. The van der Waals surface area contributed by atoms with E-state index in [-0.39, 0.29) is 61.5 Å². The van der Waals surface area contributed by atoms with E-state index in [2.05, 4.69) is 26.0 Å². The predicted octanol–water partition coefficient (Wildman–Crippen LogP) is 3.26. The zero-order chi connectivity index (χ0) is 73.1. The average Bonchev–Trinajstić information content (AvgIpc) is 0.837. The number of hydrogen-bond acceptors (Lipinski definition) is 14. The fraction of sp³-hybridized carbons (Fsp3) is 0.735. The Balaban J connectivity index is 2.36. The number of carbonyl (C=O) groups excluding carboxylic acids is 12. The number of nitrogens with zero attached hydrogens (tertiary/aromatic N) is 8. The molecule has 2 fully saturated rings. The van der Waals surface area contributed by atoms with Crippen LogP contribution in [-0.2, 0) is 64.0 Å². The Hall–Kier alpha value is -7.52. The first-order valence-corrected chi connectivity index (χ1v) is 33.7. The van der Waals surface area contributed by atoms with Crippen molar-refractivity contribution in [2.75, 3.05) is 69.0 Å². The molecule has 2 aliphatic rings. The van der Waals surface area contributed by atoms with Gasteiger partial charge in [0.25, 0.3) is 0 Å². The second-order valence-electron chi connectivity index (χ2n) is 28.0. The smallest absolute Gasteiger partial charge is 0.387 e. The molecule has 2 heterocycles. The first-order chi connectivity index (χ1) is 44.7. The van der Waals surface area contributed by atoms with Crippen LogP contribution in [0.15, 0.2) is 24.3 Å². The molecule has 28 heteroatoms. The summed E-state index contributed by atoms with van der Waals surface area (Å²) in [5, 5.41) is 22.1. The number of likely N-dealkylation sites (tertiary alicyclic amines) is 1. The Morgan fingerprint density at radius 2 is 0.979 bits per heavy atom. The quantitative estimate of drug-likeness (QED) is 0.150. The normalized spacial score (nSPS) is 25.9. The number of likely N-dealkylation sites (N-methyl/N-ethyl adjacent to an activating group) is 7. The Kier molecular flexibility index (Phi) is 32.6. The molecule has 2 aliphatic heterocycles. The molecule has 3 rings (SSSR count). The number of hydrogen-bond donors (Lipinski definition) is 5. The van der Waals surface area contributed by atoms with Gasteiger partial charge in [-0.25, -0.2) is 0 Å². The van der Waals surface area contributed by atoms with Crippen molar-refractivity contribution in [2.45, 2.75) is 227 Å². The van der Waals surface area contributed by atoms with Gasteiger partial charge in [0, 0.05) is 68.8 Å². The molecule has 0 spiro atoms. The fourth-order valence-electron chi connectivity index (χ4n) is 12.0. The van der Waals surface area contributed by atoms with E-state index < -0.39 is 163 Å². The van der Waals surface area contributed by atoms with Gasteiger partial charge < -0.3 is 70.3 Å². The summed E-state index contributed by atoms with van der Waals surface area (Å²) in [6.07, 6.45) is 0.456. The summed E-state index contributed by atoms with van der Waals surface area (Å²) in [5.41, 5.74) is 0.361. The van der Waals surface area contributed by atoms with Gasteiger partial charge >= 0.3 is 6.61 Å². The Morgan fingerprint density at radius 3 is 1.48 bits per heavy atom. The lowest BCUT2D eigenvalue weighted by atomic mass is 9.95. The lowest BCUT2D eigenvalue weighted by molar-refractivity contribution is -0.151. The molecule has 0 aromatic heterocycles. The van der Waals surface area contributed by atoms with Crippen LogP contribution in [0.3, 0.4) is 0 Å². The SMILES string of the molecule is CC[C@H](C)[C@H]1C(=O)N[C@@H]([C@@H](C)O)C(=O)N(C)CC(=O)N(C)[C@@H](CC(C)C)C(=O)NC(CC(=O)N2CCCCC2)C(=O)N(C)[C@@H](C)C(=O)N[C@@H](CC(C)C)C(=O)N(C)[C@@H](CC(C)C)C(=O)N(C)C(CC(C)C)C(=O)N[C@@H](Cc2ccc(OC(F)F)cc2)C(=O)N(C)[C@@H](C)C(=O)N1C. The molecule has 542 valence electrons. The van der Waals surface area contributed by atoms with Crippen molar-refractivity contribution >= 4 is 70.9 Å². The first kappa shape index (κ1) is 82.7. The number of aliphatic hydroxyl groups is 1. The van der Waals surface area contributed by atoms with Gasteiger partial charge in [0.1, 0.15) is 66.2 Å².